The van der Waals surface area contributed by atoms with Gasteiger partial charge < -0.3 is 52.7 Å². The van der Waals surface area contributed by atoms with Crippen molar-refractivity contribution in [1.82, 2.24) is 9.97 Å². The van der Waals surface area contributed by atoms with E-state index < -0.39 is 11.9 Å². The van der Waals surface area contributed by atoms with Crippen molar-refractivity contribution < 1.29 is 69.2 Å². The van der Waals surface area contributed by atoms with Gasteiger partial charge in [0.05, 0.1) is 23.3 Å². The maximum atomic E-state index is 10.5. The summed E-state index contributed by atoms with van der Waals surface area (Å²) in [5.41, 5.74) is 0.796. The van der Waals surface area contributed by atoms with Crippen LogP contribution in [0.25, 0.3) is 11.4 Å². The first-order valence-corrected chi connectivity index (χ1v) is 4.93. The summed E-state index contributed by atoms with van der Waals surface area (Å²) in [6.07, 6.45) is 2.30. The molecule has 0 aliphatic rings. The van der Waals surface area contributed by atoms with Gasteiger partial charge in [-0.3, -0.25) is 9.97 Å². The summed E-state index contributed by atoms with van der Waals surface area (Å²) in [5.74, 6) is -2.62. The zero-order chi connectivity index (χ0) is 13.1. The van der Waals surface area contributed by atoms with Crippen LogP contribution in [0, 0.1) is 0 Å². The summed E-state index contributed by atoms with van der Waals surface area (Å²) in [7, 11) is 0. The second-order valence-corrected chi connectivity index (χ2v) is 3.44. The van der Waals surface area contributed by atoms with E-state index in [4.69, 9.17) is 0 Å². The Morgan fingerprint density at radius 1 is 0.680 bits per heavy atom. The van der Waals surface area contributed by atoms with Crippen LogP contribution in [0.4, 0.5) is 0 Å². The molecule has 146 valence electrons. The minimum atomic E-state index is -1.31. The molecule has 0 fully saturated rings. The summed E-state index contributed by atoms with van der Waals surface area (Å²) < 4.78 is 0. The monoisotopic (exact) mass is 412 g/mol. The summed E-state index contributed by atoms with van der Waals surface area (Å²) in [5, 5.41) is 21.1. The molecule has 2 aromatic rings. The number of aromatic nitrogens is 2. The zero-order valence-electron chi connectivity index (χ0n) is 12.6. The van der Waals surface area contributed by atoms with Gasteiger partial charge in [-0.05, 0) is 24.3 Å². The quantitative estimate of drug-likeness (QED) is 0.347. The predicted octanol–water partition coefficient (Wildman–Crippen LogP) is -6.47. The van der Waals surface area contributed by atoms with Crippen LogP contribution < -0.4 is 10.2 Å². The summed E-state index contributed by atoms with van der Waals surface area (Å²) >= 11 is 0. The van der Waals surface area contributed by atoms with Gasteiger partial charge in [-0.2, -0.15) is 0 Å². The number of hydrogen-bond donors (Lipinski definition) is 0. The number of carbonyl (C=O) groups excluding carboxylic acids is 2. The molecule has 0 radical (unpaired) electrons. The second kappa shape index (κ2) is 16.4. The van der Waals surface area contributed by atoms with E-state index in [-0.39, 0.29) is 60.5 Å². The number of rotatable bonds is 3. The van der Waals surface area contributed by atoms with Crippen LogP contribution in [0.15, 0.2) is 36.7 Å². The number of aromatic carboxylic acids is 2. The molecule has 2 rings (SSSR count). The molecule has 12 nitrogen and oxygen atoms in total. The van der Waals surface area contributed by atoms with E-state index in [0.29, 0.717) is 11.4 Å². The largest absolute Gasteiger partial charge is 2.00 e. The van der Waals surface area contributed by atoms with Crippen LogP contribution in [0.1, 0.15) is 20.7 Å². The topological polar surface area (TPSA) is 301 Å². The Morgan fingerprint density at radius 2 is 0.960 bits per heavy atom. The van der Waals surface area contributed by atoms with Gasteiger partial charge in [0.2, 0.25) is 0 Å². The van der Waals surface area contributed by atoms with E-state index >= 15 is 0 Å². The van der Waals surface area contributed by atoms with Crippen molar-refractivity contribution >= 4 is 11.9 Å². The molecule has 0 aliphatic carbocycles. The third-order valence-corrected chi connectivity index (χ3v) is 2.26. The molecular formula is C12H22N2NiO10+4. The molecule has 13 heteroatoms. The number of carboxylic acid groups (broad SMARTS) is 2. The third kappa shape index (κ3) is 9.39. The smallest absolute Gasteiger partial charge is 0.545 e. The molecule has 0 saturated heterocycles. The molecule has 0 spiro atoms. The van der Waals surface area contributed by atoms with E-state index in [9.17, 15) is 19.8 Å². The van der Waals surface area contributed by atoms with Crippen LogP contribution in [0.2, 0.25) is 0 Å². The number of pyridine rings is 2. The molecular weight excluding hydrogens is 391 g/mol. The molecule has 0 saturated carbocycles. The zero-order valence-corrected chi connectivity index (χ0v) is 13.6. The van der Waals surface area contributed by atoms with Crippen molar-refractivity contribution in [3.63, 3.8) is 0 Å². The van der Waals surface area contributed by atoms with Gasteiger partial charge in [0.15, 0.2) is 0 Å². The van der Waals surface area contributed by atoms with Crippen LogP contribution in [0.5, 0.6) is 0 Å². The van der Waals surface area contributed by atoms with E-state index in [2.05, 4.69) is 9.97 Å². The average molecular weight is 413 g/mol. The molecule has 0 atom stereocenters. The molecule has 16 N–H and O–H groups in total. The van der Waals surface area contributed by atoms with E-state index in [1.807, 2.05) is 0 Å². The van der Waals surface area contributed by atoms with Gasteiger partial charge in [0.1, 0.15) is 0 Å². The Balaban J connectivity index is -0.000000129. The van der Waals surface area contributed by atoms with E-state index in [1.165, 1.54) is 24.3 Å². The van der Waals surface area contributed by atoms with Gasteiger partial charge in [-0.25, -0.2) is 0 Å². The fourth-order valence-corrected chi connectivity index (χ4v) is 1.33. The Labute approximate surface area is 151 Å². The first-order chi connectivity index (χ1) is 8.58. The van der Waals surface area contributed by atoms with Crippen molar-refractivity contribution in [3.8, 4) is 11.4 Å². The Bertz CT molecular complexity index is 551. The first-order valence-electron chi connectivity index (χ1n) is 4.93. The maximum absolute atomic E-state index is 10.5. The summed E-state index contributed by atoms with van der Waals surface area (Å²) in [4.78, 5) is 28.9. The molecule has 0 amide bonds. The minimum Gasteiger partial charge on any atom is -0.545 e. The molecule has 0 bridgehead atoms. The van der Waals surface area contributed by atoms with Crippen molar-refractivity contribution in [1.29, 1.82) is 0 Å². The molecule has 0 aromatic carbocycles. The van der Waals surface area contributed by atoms with Crippen molar-refractivity contribution in [2.75, 3.05) is 0 Å². The van der Waals surface area contributed by atoms with Gasteiger partial charge in [-0.15, -0.1) is 0 Å². The second-order valence-electron chi connectivity index (χ2n) is 3.44. The van der Waals surface area contributed by atoms with Crippen molar-refractivity contribution in [2.24, 2.45) is 0 Å². The Morgan fingerprint density at radius 3 is 1.12 bits per heavy atom. The molecule has 25 heavy (non-hydrogen) atoms. The Hall–Kier alpha value is -2.51. The molecule has 0 aliphatic heterocycles. The minimum absolute atomic E-state index is 0. The number of nitrogens with zero attached hydrogens (tertiary/aromatic N) is 2. The van der Waals surface area contributed by atoms with E-state index in [1.54, 1.807) is 0 Å². The fourth-order valence-electron chi connectivity index (χ4n) is 1.33. The van der Waals surface area contributed by atoms with Crippen molar-refractivity contribution in [3.05, 3.63) is 47.8 Å². The normalized spacial score (nSPS) is 7.20. The number of carbonyl (C=O) groups is 2. The van der Waals surface area contributed by atoms with Crippen LogP contribution in [0.3, 0.4) is 0 Å². The van der Waals surface area contributed by atoms with Gasteiger partial charge in [0.25, 0.3) is 0 Å². The van der Waals surface area contributed by atoms with Gasteiger partial charge in [-0.1, -0.05) is 0 Å². The maximum Gasteiger partial charge on any atom is 2.00 e. The molecule has 0 unspecified atom stereocenters. The third-order valence-electron chi connectivity index (χ3n) is 2.26. The fraction of sp³-hybridized carbons (Fsp3) is 0. The summed E-state index contributed by atoms with van der Waals surface area (Å²) in [6.45, 7) is 0. The first kappa shape index (κ1) is 38.2. The van der Waals surface area contributed by atoms with Crippen molar-refractivity contribution in [2.45, 2.75) is 0 Å². The standard InChI is InChI=1S/C12H8N2O4.Ni.6H2O/c15-11(16)7-1-3-9(13-5-7)10-4-2-8(6-14-10)12(17)18;;;;;;;/h1-6H,(H,15,16)(H,17,18);;6*1H2/q;+2;;;;;;/p+2. The predicted molar refractivity (Wildman–Crippen MR) is 82.8 cm³/mol. The SMILES string of the molecule is O.O.O=C([O-])c1ccc(-c2ccc(C(=O)[O-])cn2)nc1.[Ni+2].[OH3+].[OH3+].[OH3+].[OH3+]. The average Bonchev–Trinajstić information content (AvgIpc) is 2.39. The number of carboxylic acids is 2. The molecule has 2 aromatic heterocycles. The number of hydrogen-bond acceptors (Lipinski definition) is 6. The Kier molecular flexibility index (Phi) is 25.0. The van der Waals surface area contributed by atoms with E-state index in [0.717, 1.165) is 12.4 Å². The van der Waals surface area contributed by atoms with Crippen LogP contribution >= 0.6 is 0 Å². The summed E-state index contributed by atoms with van der Waals surface area (Å²) in [6, 6.07) is 5.61. The molecule has 2 heterocycles. The van der Waals surface area contributed by atoms with Gasteiger partial charge in [0, 0.05) is 23.5 Å². The van der Waals surface area contributed by atoms with Crippen LogP contribution in [-0.2, 0) is 38.4 Å². The van der Waals surface area contributed by atoms with Gasteiger partial charge >= 0.3 is 16.5 Å². The van der Waals surface area contributed by atoms with Crippen LogP contribution in [-0.4, -0.2) is 32.9 Å².